The van der Waals surface area contributed by atoms with Crippen LogP contribution in [0.15, 0.2) is 59.7 Å². The van der Waals surface area contributed by atoms with E-state index in [2.05, 4.69) is 15.3 Å². The molecule has 0 saturated heterocycles. The van der Waals surface area contributed by atoms with Gasteiger partial charge in [0.05, 0.1) is 41.0 Å². The van der Waals surface area contributed by atoms with Crippen LogP contribution in [-0.2, 0) is 17.7 Å². The van der Waals surface area contributed by atoms with Crippen molar-refractivity contribution in [3.63, 3.8) is 0 Å². The Kier molecular flexibility index (Phi) is 6.11. The zero-order valence-electron chi connectivity index (χ0n) is 21.5. The molecule has 1 aliphatic rings. The molecule has 5 heterocycles. The number of nitrogens with zero attached hydrogens (tertiary/aromatic N) is 6. The summed E-state index contributed by atoms with van der Waals surface area (Å²) in [6, 6.07) is 12.4. The van der Waals surface area contributed by atoms with Crippen molar-refractivity contribution in [2.45, 2.75) is 32.9 Å². The smallest absolute Gasteiger partial charge is 0.358 e. The first-order valence-electron chi connectivity index (χ1n) is 12.4. The van der Waals surface area contributed by atoms with Crippen LogP contribution in [0.25, 0.3) is 28.1 Å². The van der Waals surface area contributed by atoms with Crippen molar-refractivity contribution in [3.8, 4) is 17.2 Å². The van der Waals surface area contributed by atoms with E-state index in [1.807, 2.05) is 50.4 Å². The summed E-state index contributed by atoms with van der Waals surface area (Å²) in [6.07, 6.45) is 4.20. The van der Waals surface area contributed by atoms with Crippen LogP contribution in [0.4, 0.5) is 5.69 Å². The van der Waals surface area contributed by atoms with Gasteiger partial charge in [0.25, 0.3) is 5.56 Å². The van der Waals surface area contributed by atoms with Crippen LogP contribution in [0.5, 0.6) is 0 Å². The minimum atomic E-state index is -0.607. The van der Waals surface area contributed by atoms with Crippen molar-refractivity contribution in [1.82, 2.24) is 29.3 Å². The third-order valence-electron chi connectivity index (χ3n) is 6.80. The zero-order chi connectivity index (χ0) is 27.3. The third-order valence-corrected chi connectivity index (χ3v) is 7.01. The Morgan fingerprint density at radius 3 is 2.79 bits per heavy atom. The number of aryl methyl sites for hydroxylation is 2. The van der Waals surface area contributed by atoms with E-state index in [4.69, 9.17) is 26.4 Å². The van der Waals surface area contributed by atoms with Gasteiger partial charge in [0.1, 0.15) is 11.0 Å². The van der Waals surface area contributed by atoms with E-state index in [9.17, 15) is 9.59 Å². The van der Waals surface area contributed by atoms with Gasteiger partial charge >= 0.3 is 5.97 Å². The molecule has 1 aromatic carbocycles. The molecular formula is C28H24ClN7O3. The highest BCUT2D eigenvalue weighted by molar-refractivity contribution is 6.29. The number of hydrogen-bond donors (Lipinski definition) is 1. The third kappa shape index (κ3) is 4.32. The molecule has 0 amide bonds. The molecule has 1 aliphatic heterocycles. The van der Waals surface area contributed by atoms with Gasteiger partial charge in [-0.3, -0.25) is 9.36 Å². The number of esters is 1. The zero-order valence-corrected chi connectivity index (χ0v) is 22.2. The van der Waals surface area contributed by atoms with Crippen LogP contribution in [0.2, 0.25) is 5.15 Å². The topological polar surface area (TPSA) is 117 Å². The summed E-state index contributed by atoms with van der Waals surface area (Å²) in [5.74, 6) is 0.648. The maximum atomic E-state index is 13.7. The Morgan fingerprint density at radius 1 is 1.18 bits per heavy atom. The molecule has 0 radical (unpaired) electrons. The first kappa shape index (κ1) is 24.7. The molecule has 4 aromatic heterocycles. The van der Waals surface area contributed by atoms with Crippen LogP contribution in [0.1, 0.15) is 40.3 Å². The molecule has 5 aromatic rings. The Bertz CT molecular complexity index is 1810. The van der Waals surface area contributed by atoms with Crippen LogP contribution < -0.4 is 10.9 Å². The fourth-order valence-electron chi connectivity index (χ4n) is 4.97. The maximum Gasteiger partial charge on any atom is 0.358 e. The van der Waals surface area contributed by atoms with Crippen molar-refractivity contribution < 1.29 is 9.53 Å². The van der Waals surface area contributed by atoms with Gasteiger partial charge in [0.15, 0.2) is 11.5 Å². The molecule has 6 rings (SSSR count). The lowest BCUT2D eigenvalue weighted by Gasteiger charge is -2.22. The Labute approximate surface area is 228 Å². The van der Waals surface area contributed by atoms with Crippen molar-refractivity contribution >= 4 is 34.2 Å². The Morgan fingerprint density at radius 2 is 2.03 bits per heavy atom. The van der Waals surface area contributed by atoms with Crippen LogP contribution in [0.3, 0.4) is 0 Å². The number of aromatic nitrogens is 6. The molecule has 10 nitrogen and oxygen atoms in total. The molecule has 0 bridgehead atoms. The number of carbonyl (C=O) groups is 1. The second kappa shape index (κ2) is 9.63. The number of benzene rings is 1. The summed E-state index contributed by atoms with van der Waals surface area (Å²) < 4.78 is 8.32. The Balaban J connectivity index is 1.48. The van der Waals surface area contributed by atoms with Crippen LogP contribution >= 0.6 is 11.6 Å². The van der Waals surface area contributed by atoms with E-state index in [0.717, 1.165) is 22.4 Å². The number of nitrogens with one attached hydrogen (secondary N) is 1. The van der Waals surface area contributed by atoms with Crippen molar-refractivity contribution in [1.29, 1.82) is 0 Å². The van der Waals surface area contributed by atoms with Crippen molar-refractivity contribution in [2.24, 2.45) is 0 Å². The molecule has 0 aliphatic carbocycles. The minimum Gasteiger partial charge on any atom is -0.464 e. The summed E-state index contributed by atoms with van der Waals surface area (Å²) in [5.41, 5.74) is 4.40. The molecule has 0 unspecified atom stereocenters. The Hall–Kier alpha value is -4.57. The fourth-order valence-corrected chi connectivity index (χ4v) is 5.11. The van der Waals surface area contributed by atoms with E-state index >= 15 is 0 Å². The van der Waals surface area contributed by atoms with E-state index in [1.165, 1.54) is 7.11 Å². The van der Waals surface area contributed by atoms with Gasteiger partial charge < -0.3 is 10.1 Å². The lowest BCUT2D eigenvalue weighted by molar-refractivity contribution is 0.0595. The number of rotatable bonds is 5. The summed E-state index contributed by atoms with van der Waals surface area (Å²) in [5, 5.41) is 8.77. The van der Waals surface area contributed by atoms with E-state index in [-0.39, 0.29) is 22.4 Å². The number of pyridine rings is 2. The lowest BCUT2D eigenvalue weighted by Crippen LogP contribution is -2.28. The average molecular weight is 542 g/mol. The molecule has 39 heavy (non-hydrogen) atoms. The molecule has 0 saturated carbocycles. The molecule has 1 atom stereocenters. The number of ether oxygens (including phenoxy) is 1. The minimum absolute atomic E-state index is 0.0748. The second-order valence-corrected chi connectivity index (χ2v) is 9.79. The molecule has 196 valence electrons. The maximum absolute atomic E-state index is 13.7. The number of fused-ring (bicyclic) bond motifs is 4. The second-order valence-electron chi connectivity index (χ2n) is 9.40. The number of halogens is 1. The summed E-state index contributed by atoms with van der Waals surface area (Å²) in [6.45, 7) is 4.37. The van der Waals surface area contributed by atoms with Gasteiger partial charge in [-0.05, 0) is 49.7 Å². The monoisotopic (exact) mass is 541 g/mol. The molecular weight excluding hydrogens is 518 g/mol. The molecule has 1 N–H and O–H groups in total. The van der Waals surface area contributed by atoms with E-state index in [0.29, 0.717) is 41.2 Å². The number of hydrogen-bond acceptors (Lipinski definition) is 8. The van der Waals surface area contributed by atoms with Gasteiger partial charge in [-0.25, -0.2) is 24.4 Å². The lowest BCUT2D eigenvalue weighted by atomic mass is 10.00. The van der Waals surface area contributed by atoms with Crippen LogP contribution in [-0.4, -0.2) is 42.4 Å². The van der Waals surface area contributed by atoms with Crippen molar-refractivity contribution in [3.05, 3.63) is 92.9 Å². The van der Waals surface area contributed by atoms with Gasteiger partial charge in [-0.15, -0.1) is 0 Å². The largest absolute Gasteiger partial charge is 0.464 e. The van der Waals surface area contributed by atoms with Gasteiger partial charge in [0.2, 0.25) is 0 Å². The number of methoxy groups -OCH3 is 1. The predicted molar refractivity (Wildman–Crippen MR) is 147 cm³/mol. The van der Waals surface area contributed by atoms with Gasteiger partial charge in [-0.2, -0.15) is 5.10 Å². The highest BCUT2D eigenvalue weighted by Gasteiger charge is 2.26. The molecule has 0 fully saturated rings. The highest BCUT2D eigenvalue weighted by atomic mass is 35.5. The van der Waals surface area contributed by atoms with E-state index in [1.54, 1.807) is 27.6 Å². The summed E-state index contributed by atoms with van der Waals surface area (Å²) in [4.78, 5) is 39.7. The average Bonchev–Trinajstić information content (AvgIpc) is 3.39. The normalized spacial score (nSPS) is 13.0. The summed E-state index contributed by atoms with van der Waals surface area (Å²) in [7, 11) is 1.29. The molecule has 0 spiro atoms. The highest BCUT2D eigenvalue weighted by Crippen LogP contribution is 2.32. The van der Waals surface area contributed by atoms with Gasteiger partial charge in [0, 0.05) is 30.9 Å². The van der Waals surface area contributed by atoms with E-state index < -0.39 is 5.97 Å². The number of anilines is 1. The SMILES string of the molecule is COC(=O)c1nc(Cl)ccc1N[C@H](C)c1cc(C)cc2c(=O)n3c(nc12)-c1cn(-c2ccccn2)nc1CC3. The first-order valence-corrected chi connectivity index (χ1v) is 12.8. The van der Waals surface area contributed by atoms with Crippen LogP contribution in [0, 0.1) is 6.92 Å². The summed E-state index contributed by atoms with van der Waals surface area (Å²) >= 11 is 6.03. The quantitative estimate of drug-likeness (QED) is 0.255. The molecule has 11 heteroatoms. The van der Waals surface area contributed by atoms with Gasteiger partial charge in [-0.1, -0.05) is 23.7 Å². The van der Waals surface area contributed by atoms with Crippen molar-refractivity contribution in [2.75, 3.05) is 12.4 Å². The fraction of sp³-hybridized carbons (Fsp3) is 0.214. The first-order chi connectivity index (χ1) is 18.8. The predicted octanol–water partition coefficient (Wildman–Crippen LogP) is 4.52. The number of carbonyl (C=O) groups excluding carboxylic acids is 1. The standard InChI is InChI=1S/C28H24ClN7O3/c1-15-12-17(16(2)31-21-7-8-22(29)32-25(21)28(38)39-3)24-18(13-15)27(37)35-11-9-20-19(26(35)33-24)14-36(34-20)23-6-4-5-10-30-23/h4-8,10,12-14,16,31H,9,11H2,1-3H3/t16-/m1/s1.